The first-order valence-corrected chi connectivity index (χ1v) is 6.95. The van der Waals surface area contributed by atoms with E-state index in [1.165, 1.54) is 6.42 Å². The molecule has 1 aliphatic heterocycles. The van der Waals surface area contributed by atoms with Crippen molar-refractivity contribution in [3.8, 4) is 0 Å². The first-order valence-electron chi connectivity index (χ1n) is 6.95. The molecule has 1 N–H and O–H groups in total. The van der Waals surface area contributed by atoms with Crippen LogP contribution in [-0.4, -0.2) is 63.5 Å². The topological polar surface area (TPSA) is 33.7 Å². The third kappa shape index (κ3) is 7.71. The van der Waals surface area contributed by atoms with E-state index in [2.05, 4.69) is 17.1 Å². The molecular weight excluding hydrogens is 216 g/mol. The molecule has 1 unspecified atom stereocenters. The van der Waals surface area contributed by atoms with Crippen LogP contribution in [0.15, 0.2) is 0 Å². The summed E-state index contributed by atoms with van der Waals surface area (Å²) >= 11 is 0. The second-order valence-electron chi connectivity index (χ2n) is 4.64. The summed E-state index contributed by atoms with van der Waals surface area (Å²) in [5, 5.41) is 3.49. The van der Waals surface area contributed by atoms with Crippen LogP contribution in [0.4, 0.5) is 0 Å². The smallest absolute Gasteiger partial charge is 0.0674 e. The van der Waals surface area contributed by atoms with Crippen LogP contribution in [0.2, 0.25) is 0 Å². The number of unbranched alkanes of at least 4 members (excludes halogenated alkanes) is 1. The monoisotopic (exact) mass is 244 g/mol. The maximum absolute atomic E-state index is 5.51. The second kappa shape index (κ2) is 9.83. The third-order valence-corrected chi connectivity index (χ3v) is 3.03. The van der Waals surface area contributed by atoms with Crippen molar-refractivity contribution >= 4 is 0 Å². The van der Waals surface area contributed by atoms with Gasteiger partial charge in [0.2, 0.25) is 0 Å². The van der Waals surface area contributed by atoms with Crippen molar-refractivity contribution < 1.29 is 9.47 Å². The molecule has 0 radical (unpaired) electrons. The lowest BCUT2D eigenvalue weighted by molar-refractivity contribution is -0.0176. The van der Waals surface area contributed by atoms with Gasteiger partial charge in [0.1, 0.15) is 0 Å². The van der Waals surface area contributed by atoms with Gasteiger partial charge in [-0.2, -0.15) is 0 Å². The molecule has 1 aliphatic rings. The summed E-state index contributed by atoms with van der Waals surface area (Å²) in [6, 6.07) is 0. The first-order chi connectivity index (χ1) is 8.33. The minimum Gasteiger partial charge on any atom is -0.382 e. The molecule has 1 saturated heterocycles. The van der Waals surface area contributed by atoms with E-state index < -0.39 is 0 Å². The van der Waals surface area contributed by atoms with E-state index in [0.29, 0.717) is 6.10 Å². The minimum atomic E-state index is 0.398. The summed E-state index contributed by atoms with van der Waals surface area (Å²) in [6.07, 6.45) is 2.77. The molecule has 1 rings (SSSR count). The van der Waals surface area contributed by atoms with Crippen molar-refractivity contribution in [2.75, 3.05) is 52.5 Å². The van der Waals surface area contributed by atoms with Gasteiger partial charge in [0, 0.05) is 39.4 Å². The average Bonchev–Trinajstić information content (AvgIpc) is 2.33. The number of nitrogens with zero attached hydrogens (tertiary/aromatic N) is 1. The van der Waals surface area contributed by atoms with Gasteiger partial charge in [-0.25, -0.2) is 0 Å². The highest BCUT2D eigenvalue weighted by Crippen LogP contribution is 2.02. The number of hydrogen-bond acceptors (Lipinski definition) is 4. The predicted octanol–water partition coefficient (Wildman–Crippen LogP) is 1.11. The van der Waals surface area contributed by atoms with Gasteiger partial charge in [0.15, 0.2) is 0 Å². The van der Waals surface area contributed by atoms with Gasteiger partial charge in [-0.05, 0) is 33.2 Å². The van der Waals surface area contributed by atoms with E-state index in [1.54, 1.807) is 0 Å². The van der Waals surface area contributed by atoms with Gasteiger partial charge in [-0.15, -0.1) is 0 Å². The van der Waals surface area contributed by atoms with Crippen molar-refractivity contribution in [3.63, 3.8) is 0 Å². The van der Waals surface area contributed by atoms with Gasteiger partial charge < -0.3 is 14.8 Å². The van der Waals surface area contributed by atoms with E-state index >= 15 is 0 Å². The largest absolute Gasteiger partial charge is 0.382 e. The molecule has 0 aromatic rings. The van der Waals surface area contributed by atoms with Crippen LogP contribution < -0.4 is 5.32 Å². The van der Waals surface area contributed by atoms with Gasteiger partial charge in [-0.1, -0.05) is 0 Å². The summed E-state index contributed by atoms with van der Waals surface area (Å²) in [4.78, 5) is 2.47. The van der Waals surface area contributed by atoms with E-state index in [0.717, 1.165) is 59.0 Å². The van der Waals surface area contributed by atoms with Crippen molar-refractivity contribution in [2.45, 2.75) is 32.8 Å². The Labute approximate surface area is 106 Å². The molecule has 0 bridgehead atoms. The number of hydrogen-bond donors (Lipinski definition) is 1. The maximum Gasteiger partial charge on any atom is 0.0674 e. The summed E-state index contributed by atoms with van der Waals surface area (Å²) in [6.45, 7) is 12.3. The van der Waals surface area contributed by atoms with Crippen molar-refractivity contribution in [2.24, 2.45) is 0 Å². The highest BCUT2D eigenvalue weighted by atomic mass is 16.5. The van der Waals surface area contributed by atoms with Crippen LogP contribution in [0.25, 0.3) is 0 Å². The van der Waals surface area contributed by atoms with Crippen molar-refractivity contribution in [1.82, 2.24) is 10.2 Å². The molecule has 0 aromatic carbocycles. The Hall–Kier alpha value is -0.160. The Balaban J connectivity index is 1.83. The van der Waals surface area contributed by atoms with Crippen molar-refractivity contribution in [1.29, 1.82) is 0 Å². The molecule has 4 heteroatoms. The fourth-order valence-corrected chi connectivity index (χ4v) is 2.05. The SMILES string of the molecule is CCOCCCCNCCN1CCOC(C)C1. The number of ether oxygens (including phenoxy) is 2. The normalized spacial score (nSPS) is 21.9. The number of morpholine rings is 1. The highest BCUT2D eigenvalue weighted by Gasteiger charge is 2.15. The van der Waals surface area contributed by atoms with Gasteiger partial charge in [0.05, 0.1) is 12.7 Å². The fraction of sp³-hybridized carbons (Fsp3) is 1.00. The molecule has 0 amide bonds. The Bertz CT molecular complexity index is 179. The lowest BCUT2D eigenvalue weighted by Crippen LogP contribution is -2.44. The Kier molecular flexibility index (Phi) is 8.61. The predicted molar refractivity (Wildman–Crippen MR) is 70.5 cm³/mol. The molecule has 1 fully saturated rings. The summed E-state index contributed by atoms with van der Waals surface area (Å²) in [7, 11) is 0. The Morgan fingerprint density at radius 3 is 3.00 bits per heavy atom. The summed E-state index contributed by atoms with van der Waals surface area (Å²) in [5.41, 5.74) is 0. The van der Waals surface area contributed by atoms with E-state index in [1.807, 2.05) is 6.92 Å². The summed E-state index contributed by atoms with van der Waals surface area (Å²) < 4.78 is 10.8. The number of nitrogens with one attached hydrogen (secondary N) is 1. The minimum absolute atomic E-state index is 0.398. The lowest BCUT2D eigenvalue weighted by atomic mass is 10.3. The van der Waals surface area contributed by atoms with Gasteiger partial charge >= 0.3 is 0 Å². The summed E-state index contributed by atoms with van der Waals surface area (Å²) in [5.74, 6) is 0. The molecule has 0 spiro atoms. The fourth-order valence-electron chi connectivity index (χ4n) is 2.05. The van der Waals surface area contributed by atoms with Crippen LogP contribution in [0, 0.1) is 0 Å². The van der Waals surface area contributed by atoms with E-state index in [4.69, 9.17) is 9.47 Å². The standard InChI is InChI=1S/C13H28N2O2/c1-3-16-10-5-4-6-14-7-8-15-9-11-17-13(2)12-15/h13-14H,3-12H2,1-2H3. The van der Waals surface area contributed by atoms with Crippen molar-refractivity contribution in [3.05, 3.63) is 0 Å². The second-order valence-corrected chi connectivity index (χ2v) is 4.64. The molecule has 1 heterocycles. The highest BCUT2D eigenvalue weighted by molar-refractivity contribution is 4.68. The Morgan fingerprint density at radius 1 is 1.35 bits per heavy atom. The molecule has 0 saturated carbocycles. The zero-order valence-electron chi connectivity index (χ0n) is 11.4. The zero-order valence-corrected chi connectivity index (χ0v) is 11.4. The molecule has 0 aliphatic carbocycles. The molecule has 1 atom stereocenters. The van der Waals surface area contributed by atoms with Crippen LogP contribution in [0.1, 0.15) is 26.7 Å². The first kappa shape index (κ1) is 14.9. The Morgan fingerprint density at radius 2 is 2.24 bits per heavy atom. The molecule has 17 heavy (non-hydrogen) atoms. The van der Waals surface area contributed by atoms with Crippen LogP contribution >= 0.6 is 0 Å². The van der Waals surface area contributed by atoms with E-state index in [-0.39, 0.29) is 0 Å². The molecular formula is C13H28N2O2. The van der Waals surface area contributed by atoms with Crippen LogP contribution in [0.3, 0.4) is 0 Å². The van der Waals surface area contributed by atoms with Crippen LogP contribution in [0.5, 0.6) is 0 Å². The molecule has 4 nitrogen and oxygen atoms in total. The lowest BCUT2D eigenvalue weighted by Gasteiger charge is -2.31. The van der Waals surface area contributed by atoms with Gasteiger partial charge in [0.25, 0.3) is 0 Å². The third-order valence-electron chi connectivity index (χ3n) is 3.03. The molecule has 0 aromatic heterocycles. The van der Waals surface area contributed by atoms with E-state index in [9.17, 15) is 0 Å². The van der Waals surface area contributed by atoms with Crippen LogP contribution in [-0.2, 0) is 9.47 Å². The maximum atomic E-state index is 5.51. The quantitative estimate of drug-likeness (QED) is 0.616. The number of rotatable bonds is 9. The average molecular weight is 244 g/mol. The zero-order chi connectivity index (χ0) is 12.3. The van der Waals surface area contributed by atoms with Gasteiger partial charge in [-0.3, -0.25) is 4.90 Å². The molecule has 102 valence electrons.